The standard InChI is InChI=1S/C11H10F2O4.C9H7F3O3.2ClHO3S/c12-11(13)16-8-4-2-1-3-7(8)10(14)17-9-5-6-15-9;1-14-8(13)6-4-2-3-5-7(6)15-9(10,11)12;2*1-5(2,3)4/h1-4,9,11H,5-6H2;2-5H,1H3;2*(H,2,3,4). The number of hydrogen-bond acceptors (Lipinski definition) is 11. The quantitative estimate of drug-likeness (QED) is 0.184. The van der Waals surface area contributed by atoms with Crippen LogP contribution >= 0.6 is 21.4 Å². The monoisotopic (exact) mass is 696 g/mol. The van der Waals surface area contributed by atoms with Gasteiger partial charge < -0.3 is 23.7 Å². The molecule has 0 spiro atoms. The van der Waals surface area contributed by atoms with Crippen molar-refractivity contribution in [3.63, 3.8) is 0 Å². The Morgan fingerprint density at radius 2 is 1.31 bits per heavy atom. The number of carbonyl (C=O) groups excluding carboxylic acids is 2. The summed E-state index contributed by atoms with van der Waals surface area (Å²) < 4.78 is 132. The number of hydrogen-bond donors (Lipinski definition) is 2. The van der Waals surface area contributed by atoms with Crippen LogP contribution in [0.2, 0.25) is 0 Å². The summed E-state index contributed by atoms with van der Waals surface area (Å²) in [4.78, 5) is 22.7. The Morgan fingerprint density at radius 1 is 0.905 bits per heavy atom. The number of benzene rings is 2. The van der Waals surface area contributed by atoms with Crippen molar-refractivity contribution in [2.45, 2.75) is 25.7 Å². The molecule has 0 saturated carbocycles. The van der Waals surface area contributed by atoms with Crippen LogP contribution < -0.4 is 9.47 Å². The van der Waals surface area contributed by atoms with Crippen molar-refractivity contribution >= 4 is 52.0 Å². The van der Waals surface area contributed by atoms with Crippen LogP contribution in [0.15, 0.2) is 48.5 Å². The lowest BCUT2D eigenvalue weighted by atomic mass is 10.2. The molecule has 0 aromatic heterocycles. The van der Waals surface area contributed by atoms with Crippen molar-refractivity contribution < 1.29 is 81.2 Å². The van der Waals surface area contributed by atoms with Crippen LogP contribution in [0.3, 0.4) is 0 Å². The summed E-state index contributed by atoms with van der Waals surface area (Å²) in [6.07, 6.45) is -4.80. The summed E-state index contributed by atoms with van der Waals surface area (Å²) >= 11 is 0. The van der Waals surface area contributed by atoms with Crippen molar-refractivity contribution in [1.29, 1.82) is 0 Å². The summed E-state index contributed by atoms with van der Waals surface area (Å²) in [5.74, 6) is -2.38. The number of alkyl halides is 5. The average Bonchev–Trinajstić information content (AvgIpc) is 2.78. The van der Waals surface area contributed by atoms with Gasteiger partial charge in [-0.1, -0.05) is 24.3 Å². The van der Waals surface area contributed by atoms with E-state index in [1.807, 2.05) is 0 Å². The highest BCUT2D eigenvalue weighted by Gasteiger charge is 2.33. The van der Waals surface area contributed by atoms with Gasteiger partial charge in [0.15, 0.2) is 0 Å². The van der Waals surface area contributed by atoms with E-state index in [1.165, 1.54) is 42.5 Å². The van der Waals surface area contributed by atoms with Gasteiger partial charge in [-0.2, -0.15) is 25.6 Å². The van der Waals surface area contributed by atoms with Crippen LogP contribution in [0.5, 0.6) is 11.5 Å². The fraction of sp³-hybridized carbons (Fsp3) is 0.300. The lowest BCUT2D eigenvalue weighted by Gasteiger charge is -2.25. The highest BCUT2D eigenvalue weighted by molar-refractivity contribution is 8.09. The van der Waals surface area contributed by atoms with Gasteiger partial charge in [0.2, 0.25) is 6.29 Å². The van der Waals surface area contributed by atoms with Gasteiger partial charge in [0.25, 0.3) is 0 Å². The molecule has 42 heavy (non-hydrogen) atoms. The topological polar surface area (TPSA) is 189 Å². The molecule has 1 heterocycles. The van der Waals surface area contributed by atoms with Gasteiger partial charge in [-0.3, -0.25) is 9.11 Å². The van der Waals surface area contributed by atoms with Crippen molar-refractivity contribution in [1.82, 2.24) is 0 Å². The predicted molar refractivity (Wildman–Crippen MR) is 132 cm³/mol. The Bertz CT molecular complexity index is 1320. The molecule has 3 rings (SSSR count). The highest BCUT2D eigenvalue weighted by Crippen LogP contribution is 2.26. The second-order valence-electron chi connectivity index (χ2n) is 6.73. The van der Waals surface area contributed by atoms with Crippen LogP contribution in [0.1, 0.15) is 27.1 Å². The van der Waals surface area contributed by atoms with Crippen molar-refractivity contribution in [3.8, 4) is 11.5 Å². The first-order valence-electron chi connectivity index (χ1n) is 10.2. The van der Waals surface area contributed by atoms with Gasteiger partial charge in [0.05, 0.1) is 13.7 Å². The van der Waals surface area contributed by atoms with Crippen LogP contribution in [-0.2, 0) is 32.9 Å². The molecule has 1 saturated heterocycles. The first kappa shape index (κ1) is 39.0. The van der Waals surface area contributed by atoms with Crippen LogP contribution in [0, 0.1) is 0 Å². The number of methoxy groups -OCH3 is 1. The van der Waals surface area contributed by atoms with Gasteiger partial charge in [0, 0.05) is 27.8 Å². The molecule has 0 aliphatic carbocycles. The molecule has 2 aromatic carbocycles. The molecule has 238 valence electrons. The number of rotatable bonds is 6. The zero-order valence-electron chi connectivity index (χ0n) is 20.5. The molecule has 1 aliphatic heterocycles. The second kappa shape index (κ2) is 17.8. The number of carbonyl (C=O) groups is 2. The zero-order valence-corrected chi connectivity index (χ0v) is 23.7. The third-order valence-electron chi connectivity index (χ3n) is 3.74. The molecule has 2 N–H and O–H groups in total. The summed E-state index contributed by atoms with van der Waals surface area (Å²) in [6.45, 7) is -2.45. The molecule has 22 heteroatoms. The number of para-hydroxylation sites is 2. The Morgan fingerprint density at radius 3 is 1.67 bits per heavy atom. The summed E-state index contributed by atoms with van der Waals surface area (Å²) in [6, 6.07) is 10.6. The third-order valence-corrected chi connectivity index (χ3v) is 3.74. The van der Waals surface area contributed by atoms with E-state index in [2.05, 4.69) is 35.6 Å². The highest BCUT2D eigenvalue weighted by atomic mass is 35.7. The fourth-order valence-electron chi connectivity index (χ4n) is 2.28. The first-order chi connectivity index (χ1) is 19.1. The van der Waals surface area contributed by atoms with Crippen LogP contribution in [0.4, 0.5) is 22.0 Å². The zero-order chi connectivity index (χ0) is 32.7. The molecule has 1 unspecified atom stereocenters. The van der Waals surface area contributed by atoms with Crippen LogP contribution in [-0.4, -0.2) is 70.9 Å². The molecule has 1 aliphatic rings. The van der Waals surface area contributed by atoms with E-state index < -0.39 is 55.6 Å². The molecule has 2 aromatic rings. The smallest absolute Gasteiger partial charge is 0.465 e. The molecule has 13 nitrogen and oxygen atoms in total. The molecular weight excluding hydrogens is 678 g/mol. The van der Waals surface area contributed by atoms with Gasteiger partial charge in [-0.05, 0) is 24.3 Å². The molecule has 1 fully saturated rings. The Labute approximate surface area is 243 Å². The summed E-state index contributed by atoms with van der Waals surface area (Å²) in [5.41, 5.74) is -0.305. The largest absolute Gasteiger partial charge is 0.573 e. The maximum absolute atomic E-state index is 12.1. The molecule has 0 bridgehead atoms. The van der Waals surface area contributed by atoms with Gasteiger partial charge in [0.1, 0.15) is 22.6 Å². The number of ether oxygens (including phenoxy) is 5. The average molecular weight is 697 g/mol. The lowest BCUT2D eigenvalue weighted by molar-refractivity contribution is -0.274. The SMILES string of the molecule is COC(=O)c1ccccc1OC(F)(F)F.O=C(OC1CCO1)c1ccccc1OC(F)F.O=S(=O)(O)Cl.O=S(=O)(O)Cl. The molecule has 0 amide bonds. The van der Waals surface area contributed by atoms with Crippen molar-refractivity contribution in [3.05, 3.63) is 59.7 Å². The van der Waals surface area contributed by atoms with E-state index in [0.29, 0.717) is 13.0 Å². The Balaban J connectivity index is 0.000000612. The minimum absolute atomic E-state index is 0.0386. The first-order valence-corrected chi connectivity index (χ1v) is 14.8. The molecule has 0 radical (unpaired) electrons. The summed E-state index contributed by atoms with van der Waals surface area (Å²) in [7, 11) is 0.803. The number of halogens is 7. The summed E-state index contributed by atoms with van der Waals surface area (Å²) in [5, 5.41) is 0. The van der Waals surface area contributed by atoms with E-state index >= 15 is 0 Å². The maximum atomic E-state index is 12.1. The minimum Gasteiger partial charge on any atom is -0.465 e. The normalized spacial score (nSPS) is 14.2. The van der Waals surface area contributed by atoms with E-state index in [1.54, 1.807) is 0 Å². The van der Waals surface area contributed by atoms with Gasteiger partial charge in [-0.25, -0.2) is 9.59 Å². The third kappa shape index (κ3) is 20.8. The fourth-order valence-corrected chi connectivity index (χ4v) is 2.28. The van der Waals surface area contributed by atoms with Crippen molar-refractivity contribution in [2.24, 2.45) is 0 Å². The van der Waals surface area contributed by atoms with E-state index in [0.717, 1.165) is 13.2 Å². The van der Waals surface area contributed by atoms with Crippen molar-refractivity contribution in [2.75, 3.05) is 13.7 Å². The second-order valence-corrected chi connectivity index (χ2v) is 10.7. The van der Waals surface area contributed by atoms with E-state index in [9.17, 15) is 31.5 Å². The van der Waals surface area contributed by atoms with E-state index in [-0.39, 0.29) is 16.9 Å². The predicted octanol–water partition coefficient (Wildman–Crippen LogP) is 4.62. The number of esters is 2. The van der Waals surface area contributed by atoms with Gasteiger partial charge >= 0.3 is 43.6 Å². The Kier molecular flexibility index (Phi) is 16.6. The van der Waals surface area contributed by atoms with E-state index in [4.69, 9.17) is 35.4 Å². The molecule has 1 atom stereocenters. The Hall–Kier alpha value is -3.01. The maximum Gasteiger partial charge on any atom is 0.573 e. The molecular formula is C20H19Cl2F5O13S2. The lowest BCUT2D eigenvalue weighted by Crippen LogP contribution is -2.32. The van der Waals surface area contributed by atoms with Gasteiger partial charge in [-0.15, -0.1) is 13.2 Å². The van der Waals surface area contributed by atoms with Crippen LogP contribution in [0.25, 0.3) is 0 Å². The minimum atomic E-state index is -4.83.